The molecular formula is C18H14FNO. The summed E-state index contributed by atoms with van der Waals surface area (Å²) in [5, 5.41) is 3.90. The van der Waals surface area contributed by atoms with Gasteiger partial charge in [0, 0.05) is 16.6 Å². The molecule has 1 N–H and O–H groups in total. The predicted molar refractivity (Wildman–Crippen MR) is 83.0 cm³/mol. The molecule has 0 radical (unpaired) electrons. The Kier molecular flexibility index (Phi) is 3.40. The summed E-state index contributed by atoms with van der Waals surface area (Å²) in [6, 6.07) is 17.4. The van der Waals surface area contributed by atoms with Crippen molar-refractivity contribution in [1.29, 1.82) is 0 Å². The highest BCUT2D eigenvalue weighted by Gasteiger charge is 2.12. The van der Waals surface area contributed by atoms with Crippen LogP contribution in [0.2, 0.25) is 0 Å². The summed E-state index contributed by atoms with van der Waals surface area (Å²) in [4.78, 5) is 12.4. The van der Waals surface area contributed by atoms with Crippen molar-refractivity contribution >= 4 is 22.4 Å². The summed E-state index contributed by atoms with van der Waals surface area (Å²) >= 11 is 0. The molecule has 0 aliphatic rings. The lowest BCUT2D eigenvalue weighted by Crippen LogP contribution is -2.12. The molecule has 21 heavy (non-hydrogen) atoms. The van der Waals surface area contributed by atoms with Crippen LogP contribution in [0.15, 0.2) is 60.7 Å². The average molecular weight is 279 g/mol. The fourth-order valence-corrected chi connectivity index (χ4v) is 2.30. The molecule has 0 bridgehead atoms. The first-order valence-electron chi connectivity index (χ1n) is 6.70. The highest BCUT2D eigenvalue weighted by molar-refractivity contribution is 6.13. The maximum atomic E-state index is 13.8. The SMILES string of the molecule is Cc1ccc(NC(=O)c2ccc(F)c3ccccc23)cc1. The maximum absolute atomic E-state index is 13.8. The van der Waals surface area contributed by atoms with Crippen LogP contribution >= 0.6 is 0 Å². The Balaban J connectivity index is 1.98. The number of nitrogens with one attached hydrogen (secondary N) is 1. The van der Waals surface area contributed by atoms with Gasteiger partial charge in [0.15, 0.2) is 0 Å². The molecule has 104 valence electrons. The van der Waals surface area contributed by atoms with E-state index in [0.29, 0.717) is 16.3 Å². The van der Waals surface area contributed by atoms with Crippen molar-refractivity contribution in [3.05, 3.63) is 77.6 Å². The van der Waals surface area contributed by atoms with E-state index in [1.807, 2.05) is 31.2 Å². The second kappa shape index (κ2) is 5.37. The van der Waals surface area contributed by atoms with Crippen LogP contribution < -0.4 is 5.32 Å². The van der Waals surface area contributed by atoms with E-state index in [-0.39, 0.29) is 11.7 Å². The lowest BCUT2D eigenvalue weighted by atomic mass is 10.0. The van der Waals surface area contributed by atoms with Gasteiger partial charge in [0.2, 0.25) is 0 Å². The summed E-state index contributed by atoms with van der Waals surface area (Å²) < 4.78 is 13.8. The number of amides is 1. The summed E-state index contributed by atoms with van der Waals surface area (Å²) in [6.45, 7) is 1.99. The molecule has 3 heteroatoms. The largest absolute Gasteiger partial charge is 0.322 e. The second-order valence-corrected chi connectivity index (χ2v) is 4.96. The Morgan fingerprint density at radius 3 is 2.29 bits per heavy atom. The zero-order valence-corrected chi connectivity index (χ0v) is 11.6. The van der Waals surface area contributed by atoms with Crippen LogP contribution in [0.4, 0.5) is 10.1 Å². The molecule has 3 aromatic rings. The Morgan fingerprint density at radius 1 is 0.905 bits per heavy atom. The molecule has 3 rings (SSSR count). The molecule has 0 aromatic heterocycles. The number of carbonyl (C=O) groups excluding carboxylic acids is 1. The molecule has 2 nitrogen and oxygen atoms in total. The number of aryl methyl sites for hydroxylation is 1. The normalized spacial score (nSPS) is 10.6. The first-order valence-corrected chi connectivity index (χ1v) is 6.70. The highest BCUT2D eigenvalue weighted by Crippen LogP contribution is 2.22. The first-order chi connectivity index (χ1) is 10.1. The zero-order chi connectivity index (χ0) is 14.8. The van der Waals surface area contributed by atoms with Crippen molar-refractivity contribution < 1.29 is 9.18 Å². The molecular weight excluding hydrogens is 265 g/mol. The minimum absolute atomic E-state index is 0.241. The topological polar surface area (TPSA) is 29.1 Å². The Hall–Kier alpha value is -2.68. The van der Waals surface area contributed by atoms with Crippen molar-refractivity contribution in [2.75, 3.05) is 5.32 Å². The van der Waals surface area contributed by atoms with Gasteiger partial charge in [-0.25, -0.2) is 4.39 Å². The minimum atomic E-state index is -0.322. The van der Waals surface area contributed by atoms with E-state index in [4.69, 9.17) is 0 Å². The Morgan fingerprint density at radius 2 is 1.57 bits per heavy atom. The van der Waals surface area contributed by atoms with Gasteiger partial charge in [0.05, 0.1) is 0 Å². The van der Waals surface area contributed by atoms with Gasteiger partial charge >= 0.3 is 0 Å². The second-order valence-electron chi connectivity index (χ2n) is 4.96. The van der Waals surface area contributed by atoms with Crippen LogP contribution in [0, 0.1) is 12.7 Å². The summed E-state index contributed by atoms with van der Waals surface area (Å²) in [5.74, 6) is -0.562. The van der Waals surface area contributed by atoms with E-state index < -0.39 is 0 Å². The van der Waals surface area contributed by atoms with Crippen LogP contribution in [-0.4, -0.2) is 5.91 Å². The molecule has 0 heterocycles. The molecule has 1 amide bonds. The van der Waals surface area contributed by atoms with E-state index in [1.165, 1.54) is 12.1 Å². The Bertz CT molecular complexity index is 809. The predicted octanol–water partition coefficient (Wildman–Crippen LogP) is 4.54. The van der Waals surface area contributed by atoms with Crippen molar-refractivity contribution in [2.24, 2.45) is 0 Å². The van der Waals surface area contributed by atoms with Crippen LogP contribution in [0.25, 0.3) is 10.8 Å². The van der Waals surface area contributed by atoms with Crippen LogP contribution in [0.3, 0.4) is 0 Å². The molecule has 3 aromatic carbocycles. The van der Waals surface area contributed by atoms with Gasteiger partial charge in [-0.05, 0) is 36.6 Å². The van der Waals surface area contributed by atoms with Crippen molar-refractivity contribution in [1.82, 2.24) is 0 Å². The van der Waals surface area contributed by atoms with Crippen LogP contribution in [0.5, 0.6) is 0 Å². The molecule has 0 spiro atoms. The first kappa shape index (κ1) is 13.3. The molecule has 0 fully saturated rings. The molecule has 0 atom stereocenters. The number of benzene rings is 3. The van der Waals surface area contributed by atoms with Crippen LogP contribution in [-0.2, 0) is 0 Å². The monoisotopic (exact) mass is 279 g/mol. The molecule has 0 aliphatic carbocycles. The smallest absolute Gasteiger partial charge is 0.256 e. The minimum Gasteiger partial charge on any atom is -0.322 e. The summed E-state index contributed by atoms with van der Waals surface area (Å²) in [7, 11) is 0. The quantitative estimate of drug-likeness (QED) is 0.733. The standard InChI is InChI=1S/C18H14FNO/c1-12-6-8-13(9-7-12)20-18(21)16-10-11-17(19)15-5-3-2-4-14(15)16/h2-11H,1H3,(H,20,21). The van der Waals surface area contributed by atoms with Gasteiger partial charge in [0.1, 0.15) is 5.82 Å². The van der Waals surface area contributed by atoms with Crippen LogP contribution in [0.1, 0.15) is 15.9 Å². The number of halogens is 1. The third kappa shape index (κ3) is 2.63. The highest BCUT2D eigenvalue weighted by atomic mass is 19.1. The van der Waals surface area contributed by atoms with Crippen molar-refractivity contribution in [2.45, 2.75) is 6.92 Å². The fourth-order valence-electron chi connectivity index (χ4n) is 2.30. The van der Waals surface area contributed by atoms with Crippen molar-refractivity contribution in [3.8, 4) is 0 Å². The number of carbonyl (C=O) groups is 1. The molecule has 0 aliphatic heterocycles. The van der Waals surface area contributed by atoms with Gasteiger partial charge in [0.25, 0.3) is 5.91 Å². The van der Waals surface area contributed by atoms with Gasteiger partial charge in [-0.1, -0.05) is 42.0 Å². The third-order valence-electron chi connectivity index (χ3n) is 3.42. The van der Waals surface area contributed by atoms with Gasteiger partial charge in [-0.15, -0.1) is 0 Å². The summed E-state index contributed by atoms with van der Waals surface area (Å²) in [5.41, 5.74) is 2.31. The average Bonchev–Trinajstić information content (AvgIpc) is 2.50. The van der Waals surface area contributed by atoms with Gasteiger partial charge in [-0.2, -0.15) is 0 Å². The van der Waals surface area contributed by atoms with Crippen molar-refractivity contribution in [3.63, 3.8) is 0 Å². The Labute approximate surface area is 122 Å². The van der Waals surface area contributed by atoms with Gasteiger partial charge < -0.3 is 5.32 Å². The van der Waals surface area contributed by atoms with E-state index in [2.05, 4.69) is 5.32 Å². The molecule has 0 unspecified atom stereocenters. The number of hydrogen-bond donors (Lipinski definition) is 1. The number of anilines is 1. The third-order valence-corrected chi connectivity index (χ3v) is 3.42. The van der Waals surface area contributed by atoms with E-state index in [1.54, 1.807) is 24.3 Å². The number of hydrogen-bond acceptors (Lipinski definition) is 1. The van der Waals surface area contributed by atoms with E-state index in [9.17, 15) is 9.18 Å². The lowest BCUT2D eigenvalue weighted by molar-refractivity contribution is 0.102. The molecule has 0 saturated carbocycles. The van der Waals surface area contributed by atoms with E-state index in [0.717, 1.165) is 11.3 Å². The lowest BCUT2D eigenvalue weighted by Gasteiger charge is -2.09. The maximum Gasteiger partial charge on any atom is 0.256 e. The van der Waals surface area contributed by atoms with Gasteiger partial charge in [-0.3, -0.25) is 4.79 Å². The number of rotatable bonds is 2. The summed E-state index contributed by atoms with van der Waals surface area (Å²) in [6.07, 6.45) is 0. The molecule has 0 saturated heterocycles. The van der Waals surface area contributed by atoms with E-state index >= 15 is 0 Å². The zero-order valence-electron chi connectivity index (χ0n) is 11.6. The number of fused-ring (bicyclic) bond motifs is 1. The fraction of sp³-hybridized carbons (Fsp3) is 0.0556.